The highest BCUT2D eigenvalue weighted by Gasteiger charge is 2.24. The molecule has 3 amide bonds. The van der Waals surface area contributed by atoms with Crippen molar-refractivity contribution in [2.45, 2.75) is 19.3 Å². The van der Waals surface area contributed by atoms with Crippen molar-refractivity contribution in [1.29, 1.82) is 0 Å². The predicted octanol–water partition coefficient (Wildman–Crippen LogP) is 2.40. The molecule has 0 unspecified atom stereocenters. The van der Waals surface area contributed by atoms with E-state index in [0.29, 0.717) is 10.7 Å². The number of piperidine rings is 1. The fourth-order valence-electron chi connectivity index (χ4n) is 2.61. The lowest BCUT2D eigenvalue weighted by Gasteiger charge is -2.26. The largest absolute Gasteiger partial charge is 0.484 e. The molecule has 2 heterocycles. The van der Waals surface area contributed by atoms with Gasteiger partial charge in [0.25, 0.3) is 17.1 Å². The molecule has 0 bridgehead atoms. The van der Waals surface area contributed by atoms with E-state index in [4.69, 9.17) is 4.74 Å². The Hall–Kier alpha value is -2.28. The van der Waals surface area contributed by atoms with E-state index in [1.54, 1.807) is 30.3 Å². The molecule has 2 fully saturated rings. The molecule has 1 N–H and O–H groups in total. The van der Waals surface area contributed by atoms with Gasteiger partial charge in [-0.2, -0.15) is 0 Å². The molecule has 0 saturated carbocycles. The van der Waals surface area contributed by atoms with Gasteiger partial charge >= 0.3 is 0 Å². The Bertz CT molecular complexity index is 678. The van der Waals surface area contributed by atoms with E-state index in [-0.39, 0.29) is 23.7 Å². The van der Waals surface area contributed by atoms with E-state index in [1.165, 1.54) is 6.42 Å². The van der Waals surface area contributed by atoms with Crippen LogP contribution < -0.4 is 10.1 Å². The van der Waals surface area contributed by atoms with Crippen molar-refractivity contribution in [3.05, 3.63) is 34.7 Å². The molecule has 3 rings (SSSR count). The van der Waals surface area contributed by atoms with Gasteiger partial charge in [-0.15, -0.1) is 0 Å². The zero-order valence-electron chi connectivity index (χ0n) is 13.1. The van der Waals surface area contributed by atoms with E-state index in [1.807, 2.05) is 4.90 Å². The van der Waals surface area contributed by atoms with Gasteiger partial charge in [0.15, 0.2) is 6.61 Å². The van der Waals surface area contributed by atoms with Crippen molar-refractivity contribution in [2.24, 2.45) is 0 Å². The zero-order valence-corrected chi connectivity index (χ0v) is 13.9. The number of hydrogen-bond donors (Lipinski definition) is 1. The average molecular weight is 346 g/mol. The summed E-state index contributed by atoms with van der Waals surface area (Å²) in [5, 5.41) is 1.85. The van der Waals surface area contributed by atoms with Crippen LogP contribution in [-0.2, 0) is 9.59 Å². The minimum atomic E-state index is -0.377. The first-order valence-electron chi connectivity index (χ1n) is 7.87. The molecule has 2 aliphatic heterocycles. The second kappa shape index (κ2) is 7.53. The smallest absolute Gasteiger partial charge is 0.290 e. The minimum Gasteiger partial charge on any atom is -0.484 e. The monoisotopic (exact) mass is 346 g/mol. The number of likely N-dealkylation sites (tertiary alicyclic amines) is 1. The molecule has 2 saturated heterocycles. The van der Waals surface area contributed by atoms with E-state index >= 15 is 0 Å². The molecule has 0 radical (unpaired) electrons. The lowest BCUT2D eigenvalue weighted by atomic mass is 10.1. The lowest BCUT2D eigenvalue weighted by Crippen LogP contribution is -2.38. The lowest BCUT2D eigenvalue weighted by molar-refractivity contribution is -0.134. The summed E-state index contributed by atoms with van der Waals surface area (Å²) >= 11 is 0.883. The quantitative estimate of drug-likeness (QED) is 0.847. The third-order valence-electron chi connectivity index (χ3n) is 3.89. The molecule has 126 valence electrons. The molecule has 1 aromatic rings. The van der Waals surface area contributed by atoms with Crippen LogP contribution in [0.5, 0.6) is 5.75 Å². The van der Waals surface area contributed by atoms with Gasteiger partial charge in [-0.3, -0.25) is 19.7 Å². The van der Waals surface area contributed by atoms with Crippen LogP contribution >= 0.6 is 11.8 Å². The number of carbonyl (C=O) groups excluding carboxylic acids is 3. The molecular weight excluding hydrogens is 328 g/mol. The topological polar surface area (TPSA) is 75.7 Å². The SMILES string of the molecule is O=C1NC(=O)/C(=C/c2ccc(OCC(=O)N3CCCCC3)cc2)S1. The van der Waals surface area contributed by atoms with Crippen LogP contribution in [0.15, 0.2) is 29.2 Å². The molecular formula is C17H18N2O4S. The number of thioether (sulfide) groups is 1. The van der Waals surface area contributed by atoms with Crippen LogP contribution in [0.25, 0.3) is 6.08 Å². The van der Waals surface area contributed by atoms with Crippen LogP contribution in [0.3, 0.4) is 0 Å². The summed E-state index contributed by atoms with van der Waals surface area (Å²) in [6.45, 7) is 1.66. The summed E-state index contributed by atoms with van der Waals surface area (Å²) in [6, 6.07) is 7.05. The minimum absolute atomic E-state index is 0.0124. The molecule has 24 heavy (non-hydrogen) atoms. The number of imide groups is 1. The van der Waals surface area contributed by atoms with Crippen LogP contribution in [0, 0.1) is 0 Å². The second-order valence-electron chi connectivity index (χ2n) is 5.65. The first-order valence-corrected chi connectivity index (χ1v) is 8.69. The summed E-state index contributed by atoms with van der Waals surface area (Å²) in [4.78, 5) is 36.9. The van der Waals surface area contributed by atoms with Gasteiger partial charge in [-0.1, -0.05) is 12.1 Å². The van der Waals surface area contributed by atoms with Gasteiger partial charge in [0.1, 0.15) is 5.75 Å². The van der Waals surface area contributed by atoms with E-state index in [9.17, 15) is 14.4 Å². The number of nitrogens with zero attached hydrogens (tertiary/aromatic N) is 1. The van der Waals surface area contributed by atoms with E-state index < -0.39 is 0 Å². The second-order valence-corrected chi connectivity index (χ2v) is 6.67. The Morgan fingerprint density at radius 2 is 1.88 bits per heavy atom. The summed E-state index contributed by atoms with van der Waals surface area (Å²) in [5.41, 5.74) is 0.789. The van der Waals surface area contributed by atoms with Crippen molar-refractivity contribution >= 4 is 34.9 Å². The fourth-order valence-corrected chi connectivity index (χ4v) is 3.29. The highest BCUT2D eigenvalue weighted by atomic mass is 32.2. The summed E-state index contributed by atoms with van der Waals surface area (Å²) in [5.74, 6) is 0.234. The van der Waals surface area contributed by atoms with Crippen LogP contribution in [0.2, 0.25) is 0 Å². The maximum Gasteiger partial charge on any atom is 0.290 e. The number of amides is 3. The Kier molecular flexibility index (Phi) is 5.20. The molecule has 0 aliphatic carbocycles. The summed E-state index contributed by atoms with van der Waals surface area (Å²) in [7, 11) is 0. The molecule has 0 atom stereocenters. The van der Waals surface area contributed by atoms with Crippen molar-refractivity contribution < 1.29 is 19.1 Å². The molecule has 0 aromatic heterocycles. The van der Waals surface area contributed by atoms with Crippen molar-refractivity contribution in [3.63, 3.8) is 0 Å². The Morgan fingerprint density at radius 3 is 2.50 bits per heavy atom. The standard InChI is InChI=1S/C17H18N2O4S/c20-15(19-8-2-1-3-9-19)11-23-13-6-4-12(5-7-13)10-14-16(21)18-17(22)24-14/h4-7,10H,1-3,8-9,11H2,(H,18,21,22)/b14-10-. The zero-order chi connectivity index (χ0) is 16.9. The number of carbonyl (C=O) groups is 3. The maximum atomic E-state index is 12.0. The highest BCUT2D eigenvalue weighted by molar-refractivity contribution is 8.18. The van der Waals surface area contributed by atoms with Crippen molar-refractivity contribution in [2.75, 3.05) is 19.7 Å². The predicted molar refractivity (Wildman–Crippen MR) is 91.5 cm³/mol. The number of nitrogens with one attached hydrogen (secondary N) is 1. The number of ether oxygens (including phenoxy) is 1. The van der Waals surface area contributed by atoms with Crippen molar-refractivity contribution in [1.82, 2.24) is 10.2 Å². The van der Waals surface area contributed by atoms with E-state index in [2.05, 4.69) is 5.32 Å². The van der Waals surface area contributed by atoms with Gasteiger partial charge in [0, 0.05) is 13.1 Å². The maximum absolute atomic E-state index is 12.0. The first kappa shape index (κ1) is 16.6. The van der Waals surface area contributed by atoms with Gasteiger partial charge in [0.05, 0.1) is 4.91 Å². The summed E-state index contributed by atoms with van der Waals surface area (Å²) in [6.07, 6.45) is 4.95. The Morgan fingerprint density at radius 1 is 1.17 bits per heavy atom. The van der Waals surface area contributed by atoms with Crippen LogP contribution in [-0.4, -0.2) is 41.6 Å². The number of rotatable bonds is 4. The third kappa shape index (κ3) is 4.17. The number of benzene rings is 1. The van der Waals surface area contributed by atoms with Crippen molar-refractivity contribution in [3.8, 4) is 5.75 Å². The highest BCUT2D eigenvalue weighted by Crippen LogP contribution is 2.26. The van der Waals surface area contributed by atoms with Crippen LogP contribution in [0.1, 0.15) is 24.8 Å². The fraction of sp³-hybridized carbons (Fsp3) is 0.353. The molecule has 6 nitrogen and oxygen atoms in total. The normalized spacial score (nSPS) is 19.5. The Balaban J connectivity index is 1.55. The van der Waals surface area contributed by atoms with Gasteiger partial charge < -0.3 is 9.64 Å². The Labute approximate surface area is 144 Å². The van der Waals surface area contributed by atoms with E-state index in [0.717, 1.165) is 43.3 Å². The van der Waals surface area contributed by atoms with Gasteiger partial charge in [-0.05, 0) is 54.8 Å². The number of hydrogen-bond acceptors (Lipinski definition) is 5. The first-order chi connectivity index (χ1) is 11.6. The van der Waals surface area contributed by atoms with Crippen LogP contribution in [0.4, 0.5) is 4.79 Å². The molecule has 2 aliphatic rings. The third-order valence-corrected chi connectivity index (χ3v) is 4.70. The van der Waals surface area contributed by atoms with Gasteiger partial charge in [-0.25, -0.2) is 0 Å². The molecule has 1 aromatic carbocycles. The van der Waals surface area contributed by atoms with Gasteiger partial charge in [0.2, 0.25) is 0 Å². The summed E-state index contributed by atoms with van der Waals surface area (Å²) < 4.78 is 5.53. The molecule has 0 spiro atoms. The molecule has 7 heteroatoms. The average Bonchev–Trinajstić information content (AvgIpc) is 2.92.